The summed E-state index contributed by atoms with van der Waals surface area (Å²) in [4.78, 5) is 25.7. The molecule has 1 aliphatic heterocycles. The van der Waals surface area contributed by atoms with Crippen molar-refractivity contribution in [1.29, 1.82) is 0 Å². The van der Waals surface area contributed by atoms with Gasteiger partial charge in [0.05, 0.1) is 10.4 Å². The Morgan fingerprint density at radius 2 is 2.00 bits per heavy atom. The molecule has 1 aromatic rings. The summed E-state index contributed by atoms with van der Waals surface area (Å²) in [5.74, 6) is 0.0632. The first-order chi connectivity index (χ1) is 14.8. The van der Waals surface area contributed by atoms with E-state index in [1.54, 1.807) is 6.07 Å². The van der Waals surface area contributed by atoms with Crippen LogP contribution in [-0.2, 0) is 4.79 Å². The number of benzene rings is 1. The topological polar surface area (TPSA) is 66.8 Å². The zero-order valence-corrected chi connectivity index (χ0v) is 18.1. The fourth-order valence-electron chi connectivity index (χ4n) is 6.95. The number of nitrogens with zero attached hydrogens (tertiary/aromatic N) is 1. The maximum Gasteiger partial charge on any atom is 0.326 e. The number of likely N-dealkylation sites (tertiary alicyclic amines) is 1. The summed E-state index contributed by atoms with van der Waals surface area (Å²) in [5, 5.41) is 9.41. The summed E-state index contributed by atoms with van der Waals surface area (Å²) in [6.07, 6.45) is 7.30. The molecule has 0 spiro atoms. The van der Waals surface area contributed by atoms with Gasteiger partial charge in [0, 0.05) is 18.5 Å². The molecule has 5 aliphatic carbocycles. The molecule has 5 nitrogen and oxygen atoms in total. The lowest BCUT2D eigenvalue weighted by atomic mass is 9.80. The maximum atomic E-state index is 15.2. The van der Waals surface area contributed by atoms with E-state index in [9.17, 15) is 14.7 Å². The summed E-state index contributed by atoms with van der Waals surface area (Å²) in [6.45, 7) is 0.344. The van der Waals surface area contributed by atoms with E-state index in [0.29, 0.717) is 42.9 Å². The molecule has 31 heavy (non-hydrogen) atoms. The van der Waals surface area contributed by atoms with Crippen molar-refractivity contribution in [1.82, 2.24) is 4.90 Å². The molecule has 166 valence electrons. The second-order valence-electron chi connectivity index (χ2n) is 10.4. The van der Waals surface area contributed by atoms with Gasteiger partial charge in [-0.2, -0.15) is 0 Å². The Balaban J connectivity index is 1.30. The van der Waals surface area contributed by atoms with E-state index in [1.165, 1.54) is 11.0 Å². The molecule has 4 bridgehead atoms. The summed E-state index contributed by atoms with van der Waals surface area (Å²) in [6, 6.07) is 2.12. The lowest BCUT2D eigenvalue weighted by molar-refractivity contribution is -0.141. The molecule has 1 heterocycles. The number of ether oxygens (including phenoxy) is 1. The van der Waals surface area contributed by atoms with E-state index < -0.39 is 23.7 Å². The fourth-order valence-corrected chi connectivity index (χ4v) is 7.58. The third kappa shape index (κ3) is 3.08. The number of halogens is 2. The van der Waals surface area contributed by atoms with Crippen LogP contribution < -0.4 is 4.74 Å². The van der Waals surface area contributed by atoms with Gasteiger partial charge < -0.3 is 14.7 Å². The summed E-state index contributed by atoms with van der Waals surface area (Å²) < 4.78 is 21.7. The largest absolute Gasteiger partial charge is 0.489 e. The molecule has 1 amide bonds. The van der Waals surface area contributed by atoms with Gasteiger partial charge in [-0.25, -0.2) is 9.18 Å². The zero-order chi connectivity index (χ0) is 21.5. The van der Waals surface area contributed by atoms with E-state index in [-0.39, 0.29) is 22.5 Å². The molecule has 1 N–H and O–H groups in total. The Morgan fingerprint density at radius 3 is 2.71 bits per heavy atom. The number of alkyl halides is 1. The van der Waals surface area contributed by atoms with Gasteiger partial charge in [0.1, 0.15) is 23.7 Å². The minimum absolute atomic E-state index is 0.0182. The van der Waals surface area contributed by atoms with Gasteiger partial charge in [-0.15, -0.1) is 11.6 Å². The highest BCUT2D eigenvalue weighted by atomic mass is 35.5. The van der Waals surface area contributed by atoms with Crippen molar-refractivity contribution < 1.29 is 23.8 Å². The van der Waals surface area contributed by atoms with Gasteiger partial charge in [0.25, 0.3) is 5.91 Å². The second kappa shape index (κ2) is 6.84. The monoisotopic (exact) mass is 447 g/mol. The van der Waals surface area contributed by atoms with Crippen molar-refractivity contribution in [3.05, 3.63) is 29.1 Å². The van der Waals surface area contributed by atoms with E-state index in [2.05, 4.69) is 0 Å². The van der Waals surface area contributed by atoms with Crippen molar-refractivity contribution in [2.24, 2.45) is 17.8 Å². The lowest BCUT2D eigenvalue weighted by Gasteiger charge is -2.33. The standard InChI is InChI=1S/C24H27ClFNO4/c25-24-10-12-6-14(11-24)21(17(24)7-12)31-20-9-18(26)16(8-15(20)13-3-4-13)22(28)27-5-1-2-19(27)23(29)30/h8-9,12-14,17,19,21H,1-7,10-11H2,(H,29,30). The molecule has 6 aliphatic rings. The van der Waals surface area contributed by atoms with Gasteiger partial charge in [0.2, 0.25) is 0 Å². The van der Waals surface area contributed by atoms with Crippen LogP contribution in [-0.4, -0.2) is 45.4 Å². The third-order valence-electron chi connectivity index (χ3n) is 8.39. The molecule has 0 radical (unpaired) electrons. The third-order valence-corrected chi connectivity index (χ3v) is 8.98. The number of carbonyl (C=O) groups excluding carboxylic acids is 1. The van der Waals surface area contributed by atoms with Crippen LogP contribution in [0, 0.1) is 23.6 Å². The summed E-state index contributed by atoms with van der Waals surface area (Å²) in [5.41, 5.74) is 0.849. The van der Waals surface area contributed by atoms with Crippen LogP contribution in [0.15, 0.2) is 12.1 Å². The average Bonchev–Trinajstić information content (AvgIpc) is 3.33. The van der Waals surface area contributed by atoms with E-state index in [1.807, 2.05) is 0 Å². The molecule has 1 saturated heterocycles. The quantitative estimate of drug-likeness (QED) is 0.671. The molecular formula is C24H27ClFNO4. The van der Waals surface area contributed by atoms with Crippen LogP contribution in [0.2, 0.25) is 0 Å². The van der Waals surface area contributed by atoms with Gasteiger partial charge in [-0.1, -0.05) is 0 Å². The molecule has 6 unspecified atom stereocenters. The number of carboxylic acid groups (broad SMARTS) is 1. The number of hydrogen-bond donors (Lipinski definition) is 1. The Morgan fingerprint density at radius 1 is 1.19 bits per heavy atom. The summed E-state index contributed by atoms with van der Waals surface area (Å²) >= 11 is 6.93. The highest BCUT2D eigenvalue weighted by Crippen LogP contribution is 2.64. The van der Waals surface area contributed by atoms with E-state index >= 15 is 4.39 Å². The van der Waals surface area contributed by atoms with Gasteiger partial charge in [-0.05, 0) is 80.8 Å². The predicted octanol–water partition coefficient (Wildman–Crippen LogP) is 4.57. The number of carboxylic acids is 1. The van der Waals surface area contributed by atoms with Gasteiger partial charge >= 0.3 is 5.97 Å². The maximum absolute atomic E-state index is 15.2. The highest BCUT2D eigenvalue weighted by molar-refractivity contribution is 6.24. The second-order valence-corrected chi connectivity index (χ2v) is 11.1. The van der Waals surface area contributed by atoms with Crippen LogP contribution in [0.4, 0.5) is 4.39 Å². The first kappa shape index (κ1) is 19.8. The van der Waals surface area contributed by atoms with Crippen LogP contribution >= 0.6 is 11.6 Å². The van der Waals surface area contributed by atoms with Gasteiger partial charge in [0.15, 0.2) is 0 Å². The molecule has 0 aromatic heterocycles. The highest BCUT2D eigenvalue weighted by Gasteiger charge is 2.63. The molecule has 6 fully saturated rings. The Kier molecular flexibility index (Phi) is 4.37. The molecule has 6 atom stereocenters. The van der Waals surface area contributed by atoms with Crippen LogP contribution in [0.1, 0.15) is 73.2 Å². The van der Waals surface area contributed by atoms with Crippen molar-refractivity contribution in [3.8, 4) is 5.75 Å². The van der Waals surface area contributed by atoms with Crippen LogP contribution in [0.5, 0.6) is 5.75 Å². The zero-order valence-electron chi connectivity index (χ0n) is 17.4. The Labute approximate surface area is 185 Å². The minimum atomic E-state index is -1.03. The van der Waals surface area contributed by atoms with Crippen LogP contribution in [0.3, 0.4) is 0 Å². The Hall–Kier alpha value is -1.82. The van der Waals surface area contributed by atoms with Crippen LogP contribution in [0.25, 0.3) is 0 Å². The number of hydrogen-bond acceptors (Lipinski definition) is 3. The van der Waals surface area contributed by atoms with Crippen molar-refractivity contribution in [3.63, 3.8) is 0 Å². The van der Waals surface area contributed by atoms with Crippen molar-refractivity contribution in [2.75, 3.05) is 6.54 Å². The predicted molar refractivity (Wildman–Crippen MR) is 112 cm³/mol. The number of aliphatic carboxylic acids is 1. The number of carbonyl (C=O) groups is 2. The van der Waals surface area contributed by atoms with E-state index in [4.69, 9.17) is 16.3 Å². The minimum Gasteiger partial charge on any atom is -0.489 e. The Bertz CT molecular complexity index is 965. The molecular weight excluding hydrogens is 421 g/mol. The number of amides is 1. The van der Waals surface area contributed by atoms with E-state index in [0.717, 1.165) is 44.1 Å². The molecule has 5 saturated carbocycles. The fraction of sp³-hybridized carbons (Fsp3) is 0.667. The normalized spacial score (nSPS) is 38.1. The first-order valence-electron chi connectivity index (χ1n) is 11.6. The molecule has 7 heteroatoms. The first-order valence-corrected chi connectivity index (χ1v) is 11.9. The lowest BCUT2D eigenvalue weighted by Crippen LogP contribution is -2.40. The molecule has 1 aromatic carbocycles. The SMILES string of the molecule is O=C(O)C1CCCN1C(=O)c1cc(C2CC2)c(OC2C3CC4CC2C(Cl)(C4)C3)cc1F. The van der Waals surface area contributed by atoms with Crippen molar-refractivity contribution in [2.45, 2.75) is 74.3 Å². The summed E-state index contributed by atoms with van der Waals surface area (Å²) in [7, 11) is 0. The van der Waals surface area contributed by atoms with Crippen molar-refractivity contribution >= 4 is 23.5 Å². The average molecular weight is 448 g/mol. The smallest absolute Gasteiger partial charge is 0.326 e. The molecule has 7 rings (SSSR count). The van der Waals surface area contributed by atoms with Gasteiger partial charge in [-0.3, -0.25) is 4.79 Å². The number of rotatable bonds is 5.